The van der Waals surface area contributed by atoms with Crippen molar-refractivity contribution in [3.8, 4) is 28.5 Å². The number of methoxy groups -OCH3 is 2. The molecule has 1 aromatic heterocycles. The number of nitrogens with zero attached hydrogens (tertiary/aromatic N) is 3. The molecule has 0 atom stereocenters. The van der Waals surface area contributed by atoms with E-state index in [1.54, 1.807) is 23.5 Å². The van der Waals surface area contributed by atoms with Crippen LogP contribution in [0.2, 0.25) is 0 Å². The topological polar surface area (TPSA) is 81.2 Å². The highest BCUT2D eigenvalue weighted by Gasteiger charge is 2.32. The van der Waals surface area contributed by atoms with Crippen molar-refractivity contribution in [2.45, 2.75) is 11.8 Å². The number of anilines is 1. The highest BCUT2D eigenvalue weighted by atomic mass is 32.2. The van der Waals surface area contributed by atoms with Crippen LogP contribution in [0.1, 0.15) is 6.92 Å². The van der Waals surface area contributed by atoms with Crippen molar-refractivity contribution in [1.82, 2.24) is 9.29 Å². The Bertz CT molecular complexity index is 1190. The molecule has 1 fully saturated rings. The average molecular weight is 490 g/mol. The van der Waals surface area contributed by atoms with Crippen LogP contribution < -0.4 is 19.1 Å². The van der Waals surface area contributed by atoms with Crippen molar-refractivity contribution in [3.63, 3.8) is 0 Å². The molecular formula is C23H27N3O5S2. The fourth-order valence-corrected chi connectivity index (χ4v) is 6.16. The van der Waals surface area contributed by atoms with E-state index in [0.29, 0.717) is 44.3 Å². The van der Waals surface area contributed by atoms with Gasteiger partial charge in [-0.15, -0.1) is 11.3 Å². The Kier molecular flexibility index (Phi) is 7.06. The molecule has 33 heavy (non-hydrogen) atoms. The Morgan fingerprint density at radius 2 is 1.67 bits per heavy atom. The third-order valence-electron chi connectivity index (χ3n) is 5.45. The smallest absolute Gasteiger partial charge is 0.247 e. The molecule has 0 N–H and O–H groups in total. The van der Waals surface area contributed by atoms with Crippen molar-refractivity contribution in [2.75, 3.05) is 51.9 Å². The summed E-state index contributed by atoms with van der Waals surface area (Å²) in [5, 5.41) is 2.91. The summed E-state index contributed by atoms with van der Waals surface area (Å²) in [6, 6.07) is 12.7. The van der Waals surface area contributed by atoms with Gasteiger partial charge in [-0.1, -0.05) is 0 Å². The zero-order chi connectivity index (χ0) is 23.4. The second-order valence-corrected chi connectivity index (χ2v) is 10.1. The highest BCUT2D eigenvalue weighted by Crippen LogP contribution is 2.33. The van der Waals surface area contributed by atoms with E-state index in [4.69, 9.17) is 19.2 Å². The monoisotopic (exact) mass is 489 g/mol. The van der Waals surface area contributed by atoms with Gasteiger partial charge in [0.1, 0.15) is 22.1 Å². The quantitative estimate of drug-likeness (QED) is 0.477. The fraction of sp³-hybridized carbons (Fsp3) is 0.348. The van der Waals surface area contributed by atoms with Gasteiger partial charge in [0, 0.05) is 43.2 Å². The standard InChI is InChI=1S/C23H27N3O5S2/c1-4-31-18-7-5-17(6-8-18)20-16-32-23(24-20)25-11-13-26(14-12-25)33(27,28)22-15-19(29-2)9-10-21(22)30-3/h5-10,15-16H,4,11-14H2,1-3H3. The number of sulfonamides is 1. The van der Waals surface area contributed by atoms with E-state index < -0.39 is 10.0 Å². The van der Waals surface area contributed by atoms with Crippen LogP contribution in [-0.4, -0.2) is 64.7 Å². The van der Waals surface area contributed by atoms with Gasteiger partial charge in [-0.05, 0) is 43.3 Å². The third-order valence-corrected chi connectivity index (χ3v) is 8.27. The van der Waals surface area contributed by atoms with E-state index in [1.807, 2.05) is 36.6 Å². The lowest BCUT2D eigenvalue weighted by Gasteiger charge is -2.34. The first kappa shape index (κ1) is 23.3. The first-order valence-electron chi connectivity index (χ1n) is 10.6. The predicted octanol–water partition coefficient (Wildman–Crippen LogP) is 3.74. The van der Waals surface area contributed by atoms with Gasteiger partial charge in [-0.2, -0.15) is 4.31 Å². The largest absolute Gasteiger partial charge is 0.497 e. The second kappa shape index (κ2) is 9.98. The van der Waals surface area contributed by atoms with E-state index in [2.05, 4.69) is 4.90 Å². The molecule has 0 bridgehead atoms. The summed E-state index contributed by atoms with van der Waals surface area (Å²) >= 11 is 1.56. The van der Waals surface area contributed by atoms with E-state index in [-0.39, 0.29) is 4.90 Å². The number of piperazine rings is 1. The minimum absolute atomic E-state index is 0.116. The summed E-state index contributed by atoms with van der Waals surface area (Å²) < 4.78 is 44.1. The van der Waals surface area contributed by atoms with Crippen molar-refractivity contribution >= 4 is 26.5 Å². The molecule has 4 rings (SSSR count). The van der Waals surface area contributed by atoms with Crippen LogP contribution in [0.4, 0.5) is 5.13 Å². The van der Waals surface area contributed by atoms with Crippen LogP contribution in [0.3, 0.4) is 0 Å². The summed E-state index contributed by atoms with van der Waals surface area (Å²) in [5.41, 5.74) is 1.92. The molecule has 0 unspecified atom stereocenters. The van der Waals surface area contributed by atoms with Crippen molar-refractivity contribution in [1.29, 1.82) is 0 Å². The Morgan fingerprint density at radius 1 is 0.970 bits per heavy atom. The fourth-order valence-electron chi connectivity index (χ4n) is 3.68. The van der Waals surface area contributed by atoms with Crippen LogP contribution in [-0.2, 0) is 10.0 Å². The number of aromatic nitrogens is 1. The van der Waals surface area contributed by atoms with Gasteiger partial charge >= 0.3 is 0 Å². The molecular weight excluding hydrogens is 462 g/mol. The maximum absolute atomic E-state index is 13.3. The van der Waals surface area contributed by atoms with Gasteiger partial charge in [0.05, 0.1) is 26.5 Å². The number of thiazole rings is 1. The van der Waals surface area contributed by atoms with Gasteiger partial charge in [0.2, 0.25) is 10.0 Å². The van der Waals surface area contributed by atoms with E-state index >= 15 is 0 Å². The van der Waals surface area contributed by atoms with E-state index in [9.17, 15) is 8.42 Å². The number of hydrogen-bond acceptors (Lipinski definition) is 8. The molecule has 0 radical (unpaired) electrons. The number of benzene rings is 2. The lowest BCUT2D eigenvalue weighted by Crippen LogP contribution is -2.48. The maximum Gasteiger partial charge on any atom is 0.247 e. The SMILES string of the molecule is CCOc1ccc(-c2csc(N3CCN(S(=O)(=O)c4cc(OC)ccc4OC)CC3)n2)cc1. The molecule has 0 aliphatic carbocycles. The van der Waals surface area contributed by atoms with Gasteiger partial charge in [0.25, 0.3) is 0 Å². The first-order chi connectivity index (χ1) is 16.0. The molecule has 8 nitrogen and oxygen atoms in total. The summed E-state index contributed by atoms with van der Waals surface area (Å²) in [7, 11) is -0.749. The lowest BCUT2D eigenvalue weighted by atomic mass is 10.2. The van der Waals surface area contributed by atoms with Gasteiger partial charge in [-0.25, -0.2) is 13.4 Å². The molecule has 0 amide bonds. The highest BCUT2D eigenvalue weighted by molar-refractivity contribution is 7.89. The summed E-state index contributed by atoms with van der Waals surface area (Å²) in [5.74, 6) is 1.61. The van der Waals surface area contributed by atoms with Crippen molar-refractivity contribution < 1.29 is 22.6 Å². The molecule has 10 heteroatoms. The summed E-state index contributed by atoms with van der Waals surface area (Å²) in [6.07, 6.45) is 0. The molecule has 176 valence electrons. The number of hydrogen-bond donors (Lipinski definition) is 0. The van der Waals surface area contributed by atoms with Gasteiger partial charge < -0.3 is 19.1 Å². The Balaban J connectivity index is 1.45. The number of ether oxygens (including phenoxy) is 3. The van der Waals surface area contributed by atoms with E-state index in [1.165, 1.54) is 24.6 Å². The normalized spacial score (nSPS) is 14.8. The molecule has 1 aliphatic heterocycles. The second-order valence-electron chi connectivity index (χ2n) is 7.38. The number of rotatable bonds is 8. The summed E-state index contributed by atoms with van der Waals surface area (Å²) in [6.45, 7) is 4.43. The zero-order valence-electron chi connectivity index (χ0n) is 18.9. The Hall–Kier alpha value is -2.82. The minimum Gasteiger partial charge on any atom is -0.497 e. The molecule has 1 aliphatic rings. The van der Waals surface area contributed by atoms with Gasteiger partial charge in [0.15, 0.2) is 5.13 Å². The van der Waals surface area contributed by atoms with Crippen molar-refractivity contribution in [2.24, 2.45) is 0 Å². The molecule has 0 spiro atoms. The molecule has 2 heterocycles. The van der Waals surface area contributed by atoms with Gasteiger partial charge in [-0.3, -0.25) is 0 Å². The first-order valence-corrected chi connectivity index (χ1v) is 12.9. The predicted molar refractivity (Wildman–Crippen MR) is 129 cm³/mol. The summed E-state index contributed by atoms with van der Waals surface area (Å²) in [4.78, 5) is 7.01. The van der Waals surface area contributed by atoms with Crippen LogP contribution in [0.25, 0.3) is 11.3 Å². The molecule has 2 aromatic carbocycles. The molecule has 0 saturated carbocycles. The lowest BCUT2D eigenvalue weighted by molar-refractivity contribution is 0.340. The molecule has 1 saturated heterocycles. The third kappa shape index (κ3) is 4.92. The Morgan fingerprint density at radius 3 is 2.30 bits per heavy atom. The minimum atomic E-state index is -3.72. The maximum atomic E-state index is 13.3. The zero-order valence-corrected chi connectivity index (χ0v) is 20.5. The van der Waals surface area contributed by atoms with Crippen LogP contribution in [0, 0.1) is 0 Å². The van der Waals surface area contributed by atoms with Crippen molar-refractivity contribution in [3.05, 3.63) is 47.8 Å². The average Bonchev–Trinajstić information content (AvgIpc) is 3.35. The Labute approximate surface area is 198 Å². The van der Waals surface area contributed by atoms with E-state index in [0.717, 1.165) is 22.1 Å². The van der Waals surface area contributed by atoms with Crippen LogP contribution in [0.5, 0.6) is 17.2 Å². The van der Waals surface area contributed by atoms with Crippen LogP contribution in [0.15, 0.2) is 52.7 Å². The van der Waals surface area contributed by atoms with Crippen LogP contribution >= 0.6 is 11.3 Å². The molecule has 3 aromatic rings.